The summed E-state index contributed by atoms with van der Waals surface area (Å²) in [5.74, 6) is 0.201. The first-order valence-corrected chi connectivity index (χ1v) is 9.29. The number of carbonyl (C=O) groups is 1. The van der Waals surface area contributed by atoms with Crippen LogP contribution < -0.4 is 5.56 Å². The van der Waals surface area contributed by atoms with Crippen molar-refractivity contribution in [3.05, 3.63) is 63.9 Å². The van der Waals surface area contributed by atoms with Crippen LogP contribution >= 0.6 is 11.8 Å². The molecule has 0 bridgehead atoms. The molecule has 0 atom stereocenters. The van der Waals surface area contributed by atoms with Gasteiger partial charge in [-0.05, 0) is 37.6 Å². The maximum atomic E-state index is 13.2. The third kappa shape index (κ3) is 3.51. The van der Waals surface area contributed by atoms with Gasteiger partial charge in [0.1, 0.15) is 0 Å². The van der Waals surface area contributed by atoms with Gasteiger partial charge in [0.05, 0.1) is 22.3 Å². The molecule has 0 aliphatic carbocycles. The van der Waals surface area contributed by atoms with Crippen LogP contribution in [0, 0.1) is 13.8 Å². The Morgan fingerprint density at radius 3 is 2.58 bits per heavy atom. The quantitative estimate of drug-likeness (QED) is 0.525. The summed E-state index contributed by atoms with van der Waals surface area (Å²) >= 11 is 1.28. The van der Waals surface area contributed by atoms with Crippen molar-refractivity contribution in [1.29, 1.82) is 0 Å². The molecule has 1 aromatic heterocycles. The van der Waals surface area contributed by atoms with E-state index in [-0.39, 0.29) is 17.2 Å². The summed E-state index contributed by atoms with van der Waals surface area (Å²) in [5, 5.41) is 1.09. The largest absolute Gasteiger partial charge is 0.348 e. The molecule has 0 saturated carbocycles. The van der Waals surface area contributed by atoms with Gasteiger partial charge in [-0.15, -0.1) is 0 Å². The molecule has 3 rings (SSSR count). The maximum absolute atomic E-state index is 13.2. The van der Waals surface area contributed by atoms with Crippen molar-refractivity contribution in [2.45, 2.75) is 19.0 Å². The molecular weight excluding hydrogens is 346 g/mol. The number of amides is 1. The summed E-state index contributed by atoms with van der Waals surface area (Å²) in [6.45, 7) is 3.99. The van der Waals surface area contributed by atoms with Gasteiger partial charge in [-0.3, -0.25) is 14.2 Å². The lowest BCUT2D eigenvalue weighted by atomic mass is 10.1. The predicted molar refractivity (Wildman–Crippen MR) is 106 cm³/mol. The minimum absolute atomic E-state index is 0.0235. The van der Waals surface area contributed by atoms with Crippen LogP contribution in [-0.4, -0.2) is 40.2 Å². The van der Waals surface area contributed by atoms with Crippen LogP contribution in [0.5, 0.6) is 0 Å². The summed E-state index contributed by atoms with van der Waals surface area (Å²) < 4.78 is 1.62. The molecule has 1 amide bonds. The number of nitrogens with zero attached hydrogens (tertiary/aromatic N) is 3. The lowest BCUT2D eigenvalue weighted by Crippen LogP contribution is -2.26. The highest BCUT2D eigenvalue weighted by atomic mass is 32.2. The zero-order valence-corrected chi connectivity index (χ0v) is 16.1. The fraction of sp³-hybridized carbons (Fsp3) is 0.250. The van der Waals surface area contributed by atoms with Crippen molar-refractivity contribution in [3.8, 4) is 5.69 Å². The SMILES string of the molecule is Cc1ccc(-n2c(SCC(=O)N(C)C)nc3ccccc3c2=O)c(C)c1. The van der Waals surface area contributed by atoms with Crippen LogP contribution in [0.25, 0.3) is 16.6 Å². The normalized spacial score (nSPS) is 10.9. The van der Waals surface area contributed by atoms with Crippen LogP contribution in [0.2, 0.25) is 0 Å². The first-order valence-electron chi connectivity index (χ1n) is 8.31. The smallest absolute Gasteiger partial charge is 0.266 e. The van der Waals surface area contributed by atoms with Gasteiger partial charge >= 0.3 is 0 Å². The van der Waals surface area contributed by atoms with E-state index in [0.717, 1.165) is 16.8 Å². The Labute approximate surface area is 156 Å². The molecule has 2 aromatic carbocycles. The zero-order chi connectivity index (χ0) is 18.8. The second-order valence-electron chi connectivity index (χ2n) is 6.42. The summed E-state index contributed by atoms with van der Waals surface area (Å²) in [5.41, 5.74) is 3.43. The Bertz CT molecular complexity index is 1040. The van der Waals surface area contributed by atoms with E-state index in [0.29, 0.717) is 16.1 Å². The van der Waals surface area contributed by atoms with E-state index in [1.807, 2.05) is 50.2 Å². The van der Waals surface area contributed by atoms with Crippen molar-refractivity contribution in [2.75, 3.05) is 19.8 Å². The molecule has 0 radical (unpaired) electrons. The fourth-order valence-corrected chi connectivity index (χ4v) is 3.72. The van der Waals surface area contributed by atoms with E-state index in [4.69, 9.17) is 0 Å². The number of hydrogen-bond acceptors (Lipinski definition) is 4. The van der Waals surface area contributed by atoms with Crippen molar-refractivity contribution in [1.82, 2.24) is 14.5 Å². The maximum Gasteiger partial charge on any atom is 0.266 e. The first-order chi connectivity index (χ1) is 12.4. The first kappa shape index (κ1) is 18.2. The Kier molecular flexibility index (Phi) is 5.13. The number of carbonyl (C=O) groups excluding carboxylic acids is 1. The lowest BCUT2D eigenvalue weighted by Gasteiger charge is -2.16. The highest BCUT2D eigenvalue weighted by Crippen LogP contribution is 2.23. The molecule has 0 aliphatic heterocycles. The number of aromatic nitrogens is 2. The van der Waals surface area contributed by atoms with Crippen molar-refractivity contribution < 1.29 is 4.79 Å². The molecular formula is C20H21N3O2S. The van der Waals surface area contributed by atoms with Gasteiger partial charge in [0.2, 0.25) is 5.91 Å². The van der Waals surface area contributed by atoms with E-state index >= 15 is 0 Å². The van der Waals surface area contributed by atoms with Crippen molar-refractivity contribution >= 4 is 28.6 Å². The molecule has 0 aliphatic rings. The minimum atomic E-state index is -0.123. The molecule has 0 fully saturated rings. The fourth-order valence-electron chi connectivity index (χ4n) is 2.73. The van der Waals surface area contributed by atoms with Crippen LogP contribution in [0.1, 0.15) is 11.1 Å². The van der Waals surface area contributed by atoms with Crippen LogP contribution in [0.3, 0.4) is 0 Å². The second-order valence-corrected chi connectivity index (χ2v) is 7.36. The Morgan fingerprint density at radius 1 is 1.15 bits per heavy atom. The van der Waals surface area contributed by atoms with Crippen LogP contribution in [-0.2, 0) is 4.79 Å². The number of benzene rings is 2. The highest BCUT2D eigenvalue weighted by Gasteiger charge is 2.16. The number of rotatable bonds is 4. The number of aryl methyl sites for hydroxylation is 2. The molecule has 0 spiro atoms. The zero-order valence-electron chi connectivity index (χ0n) is 15.3. The summed E-state index contributed by atoms with van der Waals surface area (Å²) in [7, 11) is 3.43. The van der Waals surface area contributed by atoms with E-state index < -0.39 is 0 Å². The summed E-state index contributed by atoms with van der Waals surface area (Å²) in [6, 6.07) is 13.2. The standard InChI is InChI=1S/C20H21N3O2S/c1-13-9-10-17(14(2)11-13)23-19(25)15-7-5-6-8-16(15)21-20(23)26-12-18(24)22(3)4/h5-11H,12H2,1-4H3. The summed E-state index contributed by atoms with van der Waals surface area (Å²) in [4.78, 5) is 31.4. The van der Waals surface area contributed by atoms with Gasteiger partial charge in [0.15, 0.2) is 5.16 Å². The number of thioether (sulfide) groups is 1. The monoisotopic (exact) mass is 367 g/mol. The molecule has 0 saturated heterocycles. The third-order valence-corrected chi connectivity index (χ3v) is 5.09. The molecule has 0 unspecified atom stereocenters. The Hall–Kier alpha value is -2.60. The molecule has 134 valence electrons. The van der Waals surface area contributed by atoms with E-state index in [1.54, 1.807) is 24.7 Å². The van der Waals surface area contributed by atoms with Crippen LogP contribution in [0.4, 0.5) is 0 Å². The predicted octanol–water partition coefficient (Wildman–Crippen LogP) is 3.18. The minimum Gasteiger partial charge on any atom is -0.348 e. The van der Waals surface area contributed by atoms with E-state index in [2.05, 4.69) is 4.98 Å². The van der Waals surface area contributed by atoms with Crippen molar-refractivity contribution in [3.63, 3.8) is 0 Å². The molecule has 1 heterocycles. The van der Waals surface area contributed by atoms with Gasteiger partial charge in [0, 0.05) is 14.1 Å². The number of hydrogen-bond donors (Lipinski definition) is 0. The van der Waals surface area contributed by atoms with Crippen LogP contribution in [0.15, 0.2) is 52.4 Å². The average Bonchev–Trinajstić information content (AvgIpc) is 2.60. The van der Waals surface area contributed by atoms with E-state index in [9.17, 15) is 9.59 Å². The van der Waals surface area contributed by atoms with Crippen molar-refractivity contribution in [2.24, 2.45) is 0 Å². The summed E-state index contributed by atoms with van der Waals surface area (Å²) in [6.07, 6.45) is 0. The average molecular weight is 367 g/mol. The molecule has 6 heteroatoms. The van der Waals surface area contributed by atoms with Gasteiger partial charge in [-0.25, -0.2) is 4.98 Å². The van der Waals surface area contributed by atoms with Gasteiger partial charge in [-0.1, -0.05) is 41.6 Å². The Balaban J connectivity index is 2.21. The van der Waals surface area contributed by atoms with Gasteiger partial charge in [0.25, 0.3) is 5.56 Å². The number of fused-ring (bicyclic) bond motifs is 1. The molecule has 5 nitrogen and oxygen atoms in total. The molecule has 3 aromatic rings. The highest BCUT2D eigenvalue weighted by molar-refractivity contribution is 7.99. The lowest BCUT2D eigenvalue weighted by molar-refractivity contribution is -0.125. The molecule has 0 N–H and O–H groups in total. The van der Waals surface area contributed by atoms with E-state index in [1.165, 1.54) is 16.7 Å². The third-order valence-electron chi connectivity index (χ3n) is 4.16. The van der Waals surface area contributed by atoms with Gasteiger partial charge < -0.3 is 4.90 Å². The van der Waals surface area contributed by atoms with Gasteiger partial charge in [-0.2, -0.15) is 0 Å². The molecule has 26 heavy (non-hydrogen) atoms. The number of para-hydroxylation sites is 1. The second kappa shape index (κ2) is 7.33. The Morgan fingerprint density at radius 2 is 1.88 bits per heavy atom. The topological polar surface area (TPSA) is 55.2 Å².